The number of carboxylic acids is 1. The first-order valence-electron chi connectivity index (χ1n) is 6.53. The SMILES string of the molecule is CC(C)CC(CC(C)C)N(CC(=O)O)CC(F)(F)F. The number of hydrogen-bond acceptors (Lipinski definition) is 2. The molecule has 0 aliphatic heterocycles. The van der Waals surface area contributed by atoms with Crippen molar-refractivity contribution in [1.82, 2.24) is 4.90 Å². The molecule has 6 heteroatoms. The highest BCUT2D eigenvalue weighted by Crippen LogP contribution is 2.24. The molecule has 0 atom stereocenters. The van der Waals surface area contributed by atoms with E-state index in [0.717, 1.165) is 4.90 Å². The number of rotatable bonds is 8. The Morgan fingerprint density at radius 3 is 1.79 bits per heavy atom. The van der Waals surface area contributed by atoms with E-state index in [-0.39, 0.29) is 17.9 Å². The zero-order valence-electron chi connectivity index (χ0n) is 12.0. The van der Waals surface area contributed by atoms with Crippen molar-refractivity contribution in [3.05, 3.63) is 0 Å². The Labute approximate surface area is 112 Å². The van der Waals surface area contributed by atoms with Crippen molar-refractivity contribution in [3.63, 3.8) is 0 Å². The van der Waals surface area contributed by atoms with Gasteiger partial charge in [-0.15, -0.1) is 0 Å². The second-order valence-corrected chi connectivity index (χ2v) is 5.83. The second kappa shape index (κ2) is 7.72. The fraction of sp³-hybridized carbons (Fsp3) is 0.923. The average Bonchev–Trinajstić information content (AvgIpc) is 2.10. The van der Waals surface area contributed by atoms with Crippen LogP contribution in [0.15, 0.2) is 0 Å². The minimum Gasteiger partial charge on any atom is -0.480 e. The van der Waals surface area contributed by atoms with Crippen LogP contribution in [0.1, 0.15) is 40.5 Å². The van der Waals surface area contributed by atoms with Crippen molar-refractivity contribution >= 4 is 5.97 Å². The van der Waals surface area contributed by atoms with Gasteiger partial charge in [0.25, 0.3) is 0 Å². The van der Waals surface area contributed by atoms with E-state index in [2.05, 4.69) is 0 Å². The molecule has 19 heavy (non-hydrogen) atoms. The number of aliphatic carboxylic acids is 1. The third-order valence-electron chi connectivity index (χ3n) is 2.72. The fourth-order valence-corrected chi connectivity index (χ4v) is 2.20. The monoisotopic (exact) mass is 283 g/mol. The lowest BCUT2D eigenvalue weighted by atomic mass is 9.94. The number of carboxylic acid groups (broad SMARTS) is 1. The third-order valence-corrected chi connectivity index (χ3v) is 2.72. The maximum absolute atomic E-state index is 12.6. The van der Waals surface area contributed by atoms with E-state index in [4.69, 9.17) is 5.11 Å². The van der Waals surface area contributed by atoms with Crippen molar-refractivity contribution in [1.29, 1.82) is 0 Å². The van der Waals surface area contributed by atoms with E-state index < -0.39 is 25.2 Å². The van der Waals surface area contributed by atoms with Crippen LogP contribution < -0.4 is 0 Å². The second-order valence-electron chi connectivity index (χ2n) is 5.83. The largest absolute Gasteiger partial charge is 0.480 e. The molecular weight excluding hydrogens is 259 g/mol. The van der Waals surface area contributed by atoms with Crippen molar-refractivity contribution < 1.29 is 23.1 Å². The van der Waals surface area contributed by atoms with Gasteiger partial charge in [-0.05, 0) is 24.7 Å². The van der Waals surface area contributed by atoms with Crippen molar-refractivity contribution in [3.8, 4) is 0 Å². The van der Waals surface area contributed by atoms with Gasteiger partial charge in [0.1, 0.15) is 0 Å². The van der Waals surface area contributed by atoms with E-state index in [0.29, 0.717) is 12.8 Å². The van der Waals surface area contributed by atoms with Crippen molar-refractivity contribution in [2.75, 3.05) is 13.1 Å². The molecule has 0 aromatic carbocycles. The Morgan fingerprint density at radius 2 is 1.53 bits per heavy atom. The normalized spacial score (nSPS) is 13.0. The average molecular weight is 283 g/mol. The summed E-state index contributed by atoms with van der Waals surface area (Å²) in [7, 11) is 0. The molecule has 0 aromatic rings. The van der Waals surface area contributed by atoms with E-state index in [9.17, 15) is 18.0 Å². The van der Waals surface area contributed by atoms with Gasteiger partial charge in [0.15, 0.2) is 0 Å². The van der Waals surface area contributed by atoms with E-state index in [1.54, 1.807) is 0 Å². The summed E-state index contributed by atoms with van der Waals surface area (Å²) < 4.78 is 37.7. The van der Waals surface area contributed by atoms with Gasteiger partial charge in [-0.3, -0.25) is 9.69 Å². The van der Waals surface area contributed by atoms with E-state index >= 15 is 0 Å². The summed E-state index contributed by atoms with van der Waals surface area (Å²) in [6, 6.07) is -0.349. The summed E-state index contributed by atoms with van der Waals surface area (Å²) in [5.41, 5.74) is 0. The molecule has 0 amide bonds. The summed E-state index contributed by atoms with van der Waals surface area (Å²) in [6.45, 7) is 5.99. The zero-order chi connectivity index (χ0) is 15.2. The Bertz CT molecular complexity index is 268. The van der Waals surface area contributed by atoms with Gasteiger partial charge in [0, 0.05) is 6.04 Å². The molecule has 0 saturated carbocycles. The van der Waals surface area contributed by atoms with Crippen molar-refractivity contribution in [2.45, 2.75) is 52.8 Å². The standard InChI is InChI=1S/C13H24F3NO2/c1-9(2)5-11(6-10(3)4)17(7-12(18)19)8-13(14,15)16/h9-11H,5-8H2,1-4H3,(H,18,19). The molecule has 0 heterocycles. The van der Waals surface area contributed by atoms with Crippen LogP contribution in [0.4, 0.5) is 13.2 Å². The van der Waals surface area contributed by atoms with Crippen LogP contribution in [0, 0.1) is 11.8 Å². The highest BCUT2D eigenvalue weighted by molar-refractivity contribution is 5.69. The Hall–Kier alpha value is -0.780. The van der Waals surface area contributed by atoms with Crippen LogP contribution in [0.2, 0.25) is 0 Å². The molecule has 0 aromatic heterocycles. The number of carbonyl (C=O) groups is 1. The van der Waals surface area contributed by atoms with E-state index in [1.165, 1.54) is 0 Å². The summed E-state index contributed by atoms with van der Waals surface area (Å²) in [5.74, 6) is -0.761. The quantitative estimate of drug-likeness (QED) is 0.742. The first kappa shape index (κ1) is 18.2. The van der Waals surface area contributed by atoms with Gasteiger partial charge in [0.05, 0.1) is 13.1 Å². The summed E-state index contributed by atoms with van der Waals surface area (Å²) >= 11 is 0. The van der Waals surface area contributed by atoms with Crippen LogP contribution in [0.3, 0.4) is 0 Å². The number of nitrogens with zero attached hydrogens (tertiary/aromatic N) is 1. The van der Waals surface area contributed by atoms with Crippen LogP contribution in [0.25, 0.3) is 0 Å². The summed E-state index contributed by atoms with van der Waals surface area (Å²) in [5, 5.41) is 8.79. The van der Waals surface area contributed by atoms with Gasteiger partial charge >= 0.3 is 12.1 Å². The van der Waals surface area contributed by atoms with Crippen LogP contribution >= 0.6 is 0 Å². The Kier molecular flexibility index (Phi) is 7.41. The highest BCUT2D eigenvalue weighted by Gasteiger charge is 2.35. The molecule has 0 aliphatic rings. The Balaban J connectivity index is 4.93. The van der Waals surface area contributed by atoms with Crippen molar-refractivity contribution in [2.24, 2.45) is 11.8 Å². The summed E-state index contributed by atoms with van der Waals surface area (Å²) in [6.07, 6.45) is -3.23. The predicted molar refractivity (Wildman–Crippen MR) is 68.0 cm³/mol. The maximum atomic E-state index is 12.6. The first-order valence-corrected chi connectivity index (χ1v) is 6.53. The van der Waals surface area contributed by atoms with Crippen LogP contribution in [-0.2, 0) is 4.79 Å². The molecule has 1 N–H and O–H groups in total. The lowest BCUT2D eigenvalue weighted by molar-refractivity contribution is -0.159. The molecule has 0 spiro atoms. The van der Waals surface area contributed by atoms with Gasteiger partial charge in [-0.1, -0.05) is 27.7 Å². The third kappa shape index (κ3) is 9.76. The lowest BCUT2D eigenvalue weighted by Crippen LogP contribution is -2.45. The molecule has 0 fully saturated rings. The molecule has 114 valence electrons. The smallest absolute Gasteiger partial charge is 0.401 e. The molecule has 0 radical (unpaired) electrons. The topological polar surface area (TPSA) is 40.5 Å². The minimum absolute atomic E-state index is 0.230. The van der Waals surface area contributed by atoms with Gasteiger partial charge in [-0.2, -0.15) is 13.2 Å². The number of alkyl halides is 3. The Morgan fingerprint density at radius 1 is 1.11 bits per heavy atom. The molecule has 0 aliphatic carbocycles. The number of halogens is 3. The molecule has 0 rings (SSSR count). The van der Waals surface area contributed by atoms with Gasteiger partial charge in [-0.25, -0.2) is 0 Å². The number of hydrogen-bond donors (Lipinski definition) is 1. The fourth-order valence-electron chi connectivity index (χ4n) is 2.20. The predicted octanol–water partition coefficient (Wildman–Crippen LogP) is 3.40. The van der Waals surface area contributed by atoms with Gasteiger partial charge < -0.3 is 5.11 Å². The maximum Gasteiger partial charge on any atom is 0.401 e. The first-order chi connectivity index (χ1) is 8.51. The van der Waals surface area contributed by atoms with Gasteiger partial charge in [0.2, 0.25) is 0 Å². The molecule has 0 bridgehead atoms. The zero-order valence-corrected chi connectivity index (χ0v) is 12.0. The van der Waals surface area contributed by atoms with Crippen LogP contribution in [-0.4, -0.2) is 41.3 Å². The molecule has 3 nitrogen and oxygen atoms in total. The molecule has 0 saturated heterocycles. The minimum atomic E-state index is -4.37. The highest BCUT2D eigenvalue weighted by atomic mass is 19.4. The summed E-state index contributed by atoms with van der Waals surface area (Å²) in [4.78, 5) is 11.8. The molecule has 0 unspecified atom stereocenters. The lowest BCUT2D eigenvalue weighted by Gasteiger charge is -2.33. The molecular formula is C13H24F3NO2. The van der Waals surface area contributed by atoms with E-state index in [1.807, 2.05) is 27.7 Å². The van der Waals surface area contributed by atoms with Crippen LogP contribution in [0.5, 0.6) is 0 Å².